The van der Waals surface area contributed by atoms with Crippen molar-refractivity contribution >= 4 is 11.4 Å². The molecule has 3 atom stereocenters. The third-order valence-corrected chi connectivity index (χ3v) is 4.48. The molecule has 0 spiro atoms. The summed E-state index contributed by atoms with van der Waals surface area (Å²) >= 11 is 0. The molecule has 0 bridgehead atoms. The van der Waals surface area contributed by atoms with Crippen molar-refractivity contribution in [2.75, 3.05) is 13.7 Å². The SMILES string of the molecule is COC1C(=O)C2=C(c3ccccc3)C(C#N)[N]C=C2C=C1C[C@H](O)CO. The van der Waals surface area contributed by atoms with E-state index >= 15 is 0 Å². The van der Waals surface area contributed by atoms with Gasteiger partial charge in [-0.3, -0.25) is 10.1 Å². The van der Waals surface area contributed by atoms with Crippen molar-refractivity contribution in [3.05, 3.63) is 64.9 Å². The summed E-state index contributed by atoms with van der Waals surface area (Å²) in [5.74, 6) is -0.268. The van der Waals surface area contributed by atoms with Crippen LogP contribution in [-0.2, 0) is 9.53 Å². The van der Waals surface area contributed by atoms with Crippen LogP contribution in [0.1, 0.15) is 12.0 Å². The maximum absolute atomic E-state index is 13.2. The number of aliphatic hydroxyl groups is 2. The molecule has 0 saturated heterocycles. The van der Waals surface area contributed by atoms with Crippen molar-refractivity contribution in [2.45, 2.75) is 24.7 Å². The Kier molecular flexibility index (Phi) is 5.33. The quantitative estimate of drug-likeness (QED) is 0.827. The molecule has 26 heavy (non-hydrogen) atoms. The van der Waals surface area contributed by atoms with E-state index in [9.17, 15) is 15.2 Å². The monoisotopic (exact) mass is 351 g/mol. The maximum atomic E-state index is 13.2. The van der Waals surface area contributed by atoms with Gasteiger partial charge in [0.05, 0.1) is 18.8 Å². The first-order valence-corrected chi connectivity index (χ1v) is 8.26. The Morgan fingerprint density at radius 2 is 2.08 bits per heavy atom. The highest BCUT2D eigenvalue weighted by Gasteiger charge is 2.38. The van der Waals surface area contributed by atoms with Gasteiger partial charge in [0.25, 0.3) is 0 Å². The van der Waals surface area contributed by atoms with Crippen LogP contribution in [0.15, 0.2) is 59.3 Å². The van der Waals surface area contributed by atoms with Crippen LogP contribution in [0.3, 0.4) is 0 Å². The number of Topliss-reactive ketones (excluding diaryl/α,β-unsaturated/α-hetero) is 1. The molecule has 1 aliphatic heterocycles. The Balaban J connectivity index is 2.15. The molecule has 133 valence electrons. The highest BCUT2D eigenvalue weighted by atomic mass is 16.5. The largest absolute Gasteiger partial charge is 0.394 e. The van der Waals surface area contributed by atoms with Gasteiger partial charge in [-0.2, -0.15) is 5.26 Å². The van der Waals surface area contributed by atoms with Crippen LogP contribution in [0.4, 0.5) is 0 Å². The number of carbonyl (C=O) groups excluding carboxylic acids is 1. The van der Waals surface area contributed by atoms with E-state index in [4.69, 9.17) is 9.84 Å². The zero-order valence-corrected chi connectivity index (χ0v) is 14.3. The smallest absolute Gasteiger partial charge is 0.196 e. The third kappa shape index (κ3) is 3.20. The Morgan fingerprint density at radius 1 is 1.35 bits per heavy atom. The number of ether oxygens (including phenoxy) is 1. The lowest BCUT2D eigenvalue weighted by atomic mass is 9.78. The van der Waals surface area contributed by atoms with Crippen LogP contribution in [-0.4, -0.2) is 48.0 Å². The van der Waals surface area contributed by atoms with Crippen molar-refractivity contribution in [2.24, 2.45) is 0 Å². The summed E-state index contributed by atoms with van der Waals surface area (Å²) in [4.78, 5) is 13.2. The first-order valence-electron chi connectivity index (χ1n) is 8.26. The number of ketones is 1. The van der Waals surface area contributed by atoms with E-state index in [1.165, 1.54) is 13.3 Å². The Hall–Kier alpha value is -2.72. The summed E-state index contributed by atoms with van der Waals surface area (Å²) in [6, 6.07) is 10.6. The Labute approximate surface area is 151 Å². The number of hydrogen-bond donors (Lipinski definition) is 2. The maximum Gasteiger partial charge on any atom is 0.196 e. The van der Waals surface area contributed by atoms with E-state index < -0.39 is 24.9 Å². The fourth-order valence-corrected chi connectivity index (χ4v) is 3.32. The minimum Gasteiger partial charge on any atom is -0.394 e. The zero-order valence-electron chi connectivity index (χ0n) is 14.3. The molecular formula is C20H19N2O4. The highest BCUT2D eigenvalue weighted by molar-refractivity contribution is 6.13. The normalized spacial score (nSPS) is 23.4. The molecule has 0 fully saturated rings. The van der Waals surface area contributed by atoms with Crippen molar-refractivity contribution in [1.29, 1.82) is 5.26 Å². The predicted molar refractivity (Wildman–Crippen MR) is 94.6 cm³/mol. The molecule has 1 aliphatic carbocycles. The van der Waals surface area contributed by atoms with Crippen LogP contribution in [0.2, 0.25) is 0 Å². The van der Waals surface area contributed by atoms with Crippen molar-refractivity contribution in [1.82, 2.24) is 5.32 Å². The molecule has 1 aromatic carbocycles. The number of fused-ring (bicyclic) bond motifs is 1. The topological polar surface area (TPSA) is 105 Å². The average Bonchev–Trinajstić information content (AvgIpc) is 2.68. The van der Waals surface area contributed by atoms with Gasteiger partial charge in [-0.05, 0) is 17.6 Å². The van der Waals surface area contributed by atoms with Gasteiger partial charge >= 0.3 is 0 Å². The van der Waals surface area contributed by atoms with E-state index in [-0.39, 0.29) is 12.2 Å². The number of nitrogens with zero attached hydrogens (tertiary/aromatic N) is 2. The molecule has 6 nitrogen and oxygen atoms in total. The van der Waals surface area contributed by atoms with Crippen molar-refractivity contribution in [3.63, 3.8) is 0 Å². The number of aliphatic hydroxyl groups excluding tert-OH is 2. The number of allylic oxidation sites excluding steroid dienone is 2. The second kappa shape index (κ2) is 7.67. The van der Waals surface area contributed by atoms with E-state index in [1.54, 1.807) is 6.08 Å². The molecule has 2 N–H and O–H groups in total. The van der Waals surface area contributed by atoms with Crippen LogP contribution in [0, 0.1) is 11.3 Å². The van der Waals surface area contributed by atoms with E-state index in [0.717, 1.165) is 5.56 Å². The van der Waals surface area contributed by atoms with Crippen LogP contribution < -0.4 is 5.32 Å². The van der Waals surface area contributed by atoms with Gasteiger partial charge in [0, 0.05) is 30.0 Å². The minimum absolute atomic E-state index is 0.119. The second-order valence-electron chi connectivity index (χ2n) is 6.16. The van der Waals surface area contributed by atoms with Gasteiger partial charge in [0.1, 0.15) is 6.10 Å². The minimum atomic E-state index is -0.973. The summed E-state index contributed by atoms with van der Waals surface area (Å²) in [5, 5.41) is 32.6. The van der Waals surface area contributed by atoms with Crippen LogP contribution >= 0.6 is 0 Å². The van der Waals surface area contributed by atoms with Crippen LogP contribution in [0.5, 0.6) is 0 Å². The lowest BCUT2D eigenvalue weighted by Gasteiger charge is -2.31. The Morgan fingerprint density at radius 3 is 2.69 bits per heavy atom. The molecular weight excluding hydrogens is 332 g/mol. The third-order valence-electron chi connectivity index (χ3n) is 4.48. The van der Waals surface area contributed by atoms with Crippen molar-refractivity contribution in [3.8, 4) is 6.07 Å². The van der Waals surface area contributed by atoms with Gasteiger partial charge in [-0.15, -0.1) is 0 Å². The number of hydrogen-bond acceptors (Lipinski definition) is 5. The van der Waals surface area contributed by atoms with E-state index in [0.29, 0.717) is 22.3 Å². The van der Waals surface area contributed by atoms with Gasteiger partial charge in [0.2, 0.25) is 0 Å². The molecule has 1 radical (unpaired) electrons. The first-order chi connectivity index (χ1) is 12.6. The summed E-state index contributed by atoms with van der Waals surface area (Å²) in [7, 11) is 1.42. The highest BCUT2D eigenvalue weighted by Crippen LogP contribution is 2.38. The molecule has 6 heteroatoms. The molecule has 1 heterocycles. The molecule has 0 saturated carbocycles. The number of rotatable bonds is 5. The number of nitriles is 1. The zero-order chi connectivity index (χ0) is 18.7. The molecule has 0 aromatic heterocycles. The summed E-state index contributed by atoms with van der Waals surface area (Å²) < 4.78 is 5.38. The molecule has 3 rings (SSSR count). The second-order valence-corrected chi connectivity index (χ2v) is 6.16. The number of carbonyl (C=O) groups is 1. The van der Waals surface area contributed by atoms with Gasteiger partial charge in [-0.25, -0.2) is 0 Å². The molecule has 0 amide bonds. The van der Waals surface area contributed by atoms with E-state index in [1.807, 2.05) is 30.3 Å². The van der Waals surface area contributed by atoms with Gasteiger partial charge in [0.15, 0.2) is 11.8 Å². The van der Waals surface area contributed by atoms with E-state index in [2.05, 4.69) is 11.4 Å². The standard InChI is InChI=1S/C20H19N2O4/c1-26-20-13(8-15(24)11-23)7-14-10-22-16(9-21)17(18(14)19(20)25)12-5-3-2-4-6-12/h2-7,10,15-16,20,23-24H,8,11H2,1H3/t15-,16?,20?/m0/s1. The lowest BCUT2D eigenvalue weighted by Crippen LogP contribution is -2.37. The van der Waals surface area contributed by atoms with Gasteiger partial charge in [-0.1, -0.05) is 36.4 Å². The fraction of sp³-hybridized carbons (Fsp3) is 0.300. The van der Waals surface area contributed by atoms with Crippen LogP contribution in [0.25, 0.3) is 5.57 Å². The molecule has 2 aliphatic rings. The number of methoxy groups -OCH3 is 1. The number of benzene rings is 1. The average molecular weight is 351 g/mol. The Bertz CT molecular complexity index is 833. The molecule has 1 aromatic rings. The molecule has 2 unspecified atom stereocenters. The summed E-state index contributed by atoms with van der Waals surface area (Å²) in [5.41, 5.74) is 2.92. The fourth-order valence-electron chi connectivity index (χ4n) is 3.32. The lowest BCUT2D eigenvalue weighted by molar-refractivity contribution is -0.123. The summed E-state index contributed by atoms with van der Waals surface area (Å²) in [6.45, 7) is -0.403. The first kappa shape index (κ1) is 18.1. The van der Waals surface area contributed by atoms with Gasteiger partial charge < -0.3 is 14.9 Å². The van der Waals surface area contributed by atoms with Crippen molar-refractivity contribution < 1.29 is 19.7 Å². The predicted octanol–water partition coefficient (Wildman–Crippen LogP) is 1.10. The summed E-state index contributed by atoms with van der Waals surface area (Å²) in [6.07, 6.45) is 1.56.